The highest BCUT2D eigenvalue weighted by Gasteiger charge is 2.13. The maximum Gasteiger partial charge on any atom is 0.404 e. The summed E-state index contributed by atoms with van der Waals surface area (Å²) in [6.45, 7) is 0.106. The molecule has 2 rings (SSSR count). The van der Waals surface area contributed by atoms with Crippen LogP contribution in [-0.2, 0) is 4.74 Å². The molecule has 0 spiro atoms. The number of aromatic nitrogens is 1. The van der Waals surface area contributed by atoms with E-state index in [1.807, 2.05) is 37.2 Å². The van der Waals surface area contributed by atoms with Gasteiger partial charge in [-0.05, 0) is 23.4 Å². The third kappa shape index (κ3) is 3.76. The van der Waals surface area contributed by atoms with E-state index in [-0.39, 0.29) is 13.2 Å². The average Bonchev–Trinajstić information content (AvgIpc) is 2.85. The molecule has 0 aliphatic rings. The van der Waals surface area contributed by atoms with Crippen LogP contribution in [0, 0.1) is 0 Å². The Balaban J connectivity index is 2.04. The van der Waals surface area contributed by atoms with Gasteiger partial charge in [-0.25, -0.2) is 4.79 Å². The fourth-order valence-electron chi connectivity index (χ4n) is 1.71. The Morgan fingerprint density at radius 1 is 1.43 bits per heavy atom. The van der Waals surface area contributed by atoms with Gasteiger partial charge in [0.2, 0.25) is 0 Å². The summed E-state index contributed by atoms with van der Waals surface area (Å²) in [5, 5.41) is 4.61. The summed E-state index contributed by atoms with van der Waals surface area (Å²) in [4.78, 5) is 12.4. The van der Waals surface area contributed by atoms with E-state index in [0.717, 1.165) is 11.1 Å². The Labute approximate surface area is 121 Å². The Hall–Kier alpha value is -2.48. The van der Waals surface area contributed by atoms with Gasteiger partial charge in [-0.2, -0.15) is 0 Å². The van der Waals surface area contributed by atoms with Crippen LogP contribution in [0.2, 0.25) is 0 Å². The lowest BCUT2D eigenvalue weighted by Crippen LogP contribution is -2.34. The Morgan fingerprint density at radius 3 is 2.86 bits per heavy atom. The number of rotatable bonds is 6. The molecule has 0 bridgehead atoms. The van der Waals surface area contributed by atoms with Crippen LogP contribution in [0.15, 0.2) is 22.7 Å². The molecule has 0 aliphatic heterocycles. The number of amides is 1. The van der Waals surface area contributed by atoms with Gasteiger partial charge >= 0.3 is 6.09 Å². The van der Waals surface area contributed by atoms with Crippen LogP contribution >= 0.6 is 0 Å². The zero-order chi connectivity index (χ0) is 15.4. The van der Waals surface area contributed by atoms with Gasteiger partial charge in [0, 0.05) is 19.8 Å². The van der Waals surface area contributed by atoms with Crippen molar-refractivity contribution in [1.29, 1.82) is 0 Å². The highest BCUT2D eigenvalue weighted by Crippen LogP contribution is 2.28. The van der Waals surface area contributed by atoms with E-state index in [2.05, 4.69) is 9.89 Å². The summed E-state index contributed by atoms with van der Waals surface area (Å²) in [5.41, 5.74) is 12.2. The van der Waals surface area contributed by atoms with Crippen LogP contribution < -0.4 is 21.1 Å². The number of hydrogen-bond donors (Lipinski definition) is 2. The largest absolute Gasteiger partial charge is 0.473 e. The molecule has 1 unspecified atom stereocenters. The second-order valence-electron chi connectivity index (χ2n) is 4.76. The van der Waals surface area contributed by atoms with Gasteiger partial charge < -0.3 is 30.4 Å². The fourth-order valence-corrected chi connectivity index (χ4v) is 1.71. The third-order valence-corrected chi connectivity index (χ3v) is 2.81. The van der Waals surface area contributed by atoms with E-state index in [9.17, 15) is 4.79 Å². The lowest BCUT2D eigenvalue weighted by molar-refractivity contribution is 0.136. The maximum atomic E-state index is 10.5. The number of anilines is 1. The van der Waals surface area contributed by atoms with E-state index in [1.54, 1.807) is 0 Å². The van der Waals surface area contributed by atoms with Gasteiger partial charge in [0.25, 0.3) is 5.88 Å². The molecule has 2 aromatic rings. The minimum absolute atomic E-state index is 0.0198. The topological polar surface area (TPSA) is 117 Å². The van der Waals surface area contributed by atoms with Gasteiger partial charge in [-0.15, -0.1) is 0 Å². The smallest absolute Gasteiger partial charge is 0.404 e. The molecule has 1 heterocycles. The van der Waals surface area contributed by atoms with E-state index < -0.39 is 12.1 Å². The fraction of sp³-hybridized carbons (Fsp3) is 0.385. The van der Waals surface area contributed by atoms with Gasteiger partial charge in [0.15, 0.2) is 5.58 Å². The van der Waals surface area contributed by atoms with Crippen LogP contribution in [0.1, 0.15) is 0 Å². The molecule has 0 saturated heterocycles. The van der Waals surface area contributed by atoms with Crippen LogP contribution in [0.4, 0.5) is 10.5 Å². The van der Waals surface area contributed by atoms with Crippen molar-refractivity contribution in [3.05, 3.63) is 18.2 Å². The summed E-state index contributed by atoms with van der Waals surface area (Å²) >= 11 is 0. The standard InChI is InChI=1S/C13H18N4O4/c1-17(2)9-3-4-11-10(5-9)12(16-21-11)19-6-8(14)7-20-13(15)18/h3-5,8H,6-7,14H2,1-2H3,(H2,15,18). The van der Waals surface area contributed by atoms with E-state index in [4.69, 9.17) is 20.7 Å². The van der Waals surface area contributed by atoms with Crippen molar-refractivity contribution in [2.24, 2.45) is 11.5 Å². The lowest BCUT2D eigenvalue weighted by Gasteiger charge is -2.12. The maximum absolute atomic E-state index is 10.5. The molecule has 8 heteroatoms. The molecule has 114 valence electrons. The molecule has 1 aromatic heterocycles. The second kappa shape index (κ2) is 6.31. The Kier molecular flexibility index (Phi) is 4.49. The molecule has 1 amide bonds. The minimum atomic E-state index is -0.868. The summed E-state index contributed by atoms with van der Waals surface area (Å²) in [5.74, 6) is 0.350. The predicted octanol–water partition coefficient (Wildman–Crippen LogP) is 0.695. The molecule has 0 radical (unpaired) electrons. The van der Waals surface area contributed by atoms with Crippen molar-refractivity contribution < 1.29 is 18.8 Å². The van der Waals surface area contributed by atoms with Crippen molar-refractivity contribution >= 4 is 22.7 Å². The molecule has 4 N–H and O–H groups in total. The van der Waals surface area contributed by atoms with Crippen molar-refractivity contribution in [2.75, 3.05) is 32.2 Å². The molecule has 1 atom stereocenters. The summed E-state index contributed by atoms with van der Waals surface area (Å²) in [6.07, 6.45) is -0.868. The Morgan fingerprint density at radius 2 is 2.19 bits per heavy atom. The lowest BCUT2D eigenvalue weighted by atomic mass is 10.2. The number of hydrogen-bond acceptors (Lipinski definition) is 7. The molecule has 21 heavy (non-hydrogen) atoms. The molecule has 8 nitrogen and oxygen atoms in total. The van der Waals surface area contributed by atoms with E-state index in [1.165, 1.54) is 0 Å². The highest BCUT2D eigenvalue weighted by molar-refractivity contribution is 5.85. The summed E-state index contributed by atoms with van der Waals surface area (Å²) < 4.78 is 15.3. The molecule has 0 aliphatic carbocycles. The number of nitrogens with zero attached hydrogens (tertiary/aromatic N) is 2. The zero-order valence-corrected chi connectivity index (χ0v) is 11.9. The van der Waals surface area contributed by atoms with Crippen LogP contribution in [0.5, 0.6) is 5.88 Å². The van der Waals surface area contributed by atoms with Crippen molar-refractivity contribution in [3.63, 3.8) is 0 Å². The molecular weight excluding hydrogens is 276 g/mol. The summed E-state index contributed by atoms with van der Waals surface area (Å²) in [7, 11) is 3.87. The van der Waals surface area contributed by atoms with Crippen LogP contribution in [0.3, 0.4) is 0 Å². The number of primary amides is 1. The quantitative estimate of drug-likeness (QED) is 0.805. The number of carbonyl (C=O) groups excluding carboxylic acids is 1. The van der Waals surface area contributed by atoms with Crippen molar-refractivity contribution in [1.82, 2.24) is 5.16 Å². The predicted molar refractivity (Wildman–Crippen MR) is 77.3 cm³/mol. The molecule has 1 aromatic carbocycles. The first kappa shape index (κ1) is 14.9. The van der Waals surface area contributed by atoms with E-state index >= 15 is 0 Å². The average molecular weight is 294 g/mol. The number of benzene rings is 1. The SMILES string of the molecule is CN(C)c1ccc2onc(OCC(N)COC(N)=O)c2c1. The van der Waals surface area contributed by atoms with Gasteiger partial charge in [0.05, 0.1) is 11.4 Å². The Bertz CT molecular complexity index is 626. The number of carbonyl (C=O) groups is 1. The number of nitrogens with two attached hydrogens (primary N) is 2. The first-order valence-corrected chi connectivity index (χ1v) is 6.34. The minimum Gasteiger partial charge on any atom is -0.473 e. The molecule has 0 fully saturated rings. The van der Waals surface area contributed by atoms with Crippen LogP contribution in [-0.4, -0.2) is 44.6 Å². The number of fused-ring (bicyclic) bond motifs is 1. The first-order chi connectivity index (χ1) is 9.97. The van der Waals surface area contributed by atoms with Crippen molar-refractivity contribution in [3.8, 4) is 5.88 Å². The van der Waals surface area contributed by atoms with Crippen LogP contribution in [0.25, 0.3) is 11.0 Å². The molecular formula is C13H18N4O4. The monoisotopic (exact) mass is 294 g/mol. The van der Waals surface area contributed by atoms with Gasteiger partial charge in [-0.3, -0.25) is 0 Å². The summed E-state index contributed by atoms with van der Waals surface area (Å²) in [6, 6.07) is 5.15. The van der Waals surface area contributed by atoms with Gasteiger partial charge in [-0.1, -0.05) is 0 Å². The van der Waals surface area contributed by atoms with E-state index in [0.29, 0.717) is 11.5 Å². The third-order valence-electron chi connectivity index (χ3n) is 2.81. The normalized spacial score (nSPS) is 12.1. The van der Waals surface area contributed by atoms with Gasteiger partial charge in [0.1, 0.15) is 13.2 Å². The molecule has 0 saturated carbocycles. The van der Waals surface area contributed by atoms with Crippen molar-refractivity contribution in [2.45, 2.75) is 6.04 Å². The first-order valence-electron chi connectivity index (χ1n) is 6.34. The second-order valence-corrected chi connectivity index (χ2v) is 4.76. The zero-order valence-electron chi connectivity index (χ0n) is 11.9. The number of ether oxygens (including phenoxy) is 2. The highest BCUT2D eigenvalue weighted by atomic mass is 16.6.